The lowest BCUT2D eigenvalue weighted by molar-refractivity contribution is 0.0636. The zero-order chi connectivity index (χ0) is 27.7. The summed E-state index contributed by atoms with van der Waals surface area (Å²) in [7, 11) is -3.76. The van der Waals surface area contributed by atoms with E-state index in [1.165, 1.54) is 12.1 Å². The van der Waals surface area contributed by atoms with Crippen molar-refractivity contribution in [1.29, 1.82) is 0 Å². The number of hydrogen-bond donors (Lipinski definition) is 2. The van der Waals surface area contributed by atoms with Crippen LogP contribution in [0, 0.1) is 15.2 Å². The van der Waals surface area contributed by atoms with Gasteiger partial charge in [0.25, 0.3) is 0 Å². The molecule has 0 aliphatic heterocycles. The minimum atomic E-state index is -3.76. The molecule has 3 aromatic rings. The standard InChI is InChI=1S/C27H27F2IN2O5S/c1-27(2,3)37-26(33)31-20-5-4-6-21(15-20)36-24-13-18(28)12-17(11-16-7-8-19(30)14-23(16)29)25(24)32-38(34,35)22-9-10-22/h4-8,12-15,22,32H,9-11H2,1-3H3,(H,31,33). The van der Waals surface area contributed by atoms with Crippen molar-refractivity contribution in [2.75, 3.05) is 10.0 Å². The molecule has 4 rings (SSSR count). The maximum absolute atomic E-state index is 14.8. The number of rotatable bonds is 8. The molecule has 3 aromatic carbocycles. The Morgan fingerprint density at radius 3 is 2.45 bits per heavy atom. The van der Waals surface area contributed by atoms with E-state index >= 15 is 0 Å². The van der Waals surface area contributed by atoms with Crippen molar-refractivity contribution >= 4 is 50.1 Å². The highest BCUT2D eigenvalue weighted by Crippen LogP contribution is 2.39. The van der Waals surface area contributed by atoms with Gasteiger partial charge in [-0.05, 0) is 97.7 Å². The molecule has 1 aliphatic rings. The summed E-state index contributed by atoms with van der Waals surface area (Å²) < 4.78 is 69.6. The molecule has 1 aliphatic carbocycles. The van der Waals surface area contributed by atoms with Gasteiger partial charge in [-0.25, -0.2) is 22.0 Å². The molecule has 202 valence electrons. The molecule has 0 radical (unpaired) electrons. The topological polar surface area (TPSA) is 93.7 Å². The van der Waals surface area contributed by atoms with Gasteiger partial charge in [-0.1, -0.05) is 12.1 Å². The van der Waals surface area contributed by atoms with Crippen LogP contribution in [0.5, 0.6) is 11.5 Å². The van der Waals surface area contributed by atoms with E-state index in [-0.39, 0.29) is 34.7 Å². The van der Waals surface area contributed by atoms with Gasteiger partial charge in [-0.2, -0.15) is 0 Å². The minimum Gasteiger partial charge on any atom is -0.455 e. The number of carbonyl (C=O) groups excluding carboxylic acids is 1. The Hall–Kier alpha value is -2.93. The van der Waals surface area contributed by atoms with E-state index in [4.69, 9.17) is 9.47 Å². The summed E-state index contributed by atoms with van der Waals surface area (Å²) in [5.74, 6) is -1.05. The number of carbonyl (C=O) groups is 1. The summed E-state index contributed by atoms with van der Waals surface area (Å²) in [4.78, 5) is 12.2. The molecule has 0 aromatic heterocycles. The van der Waals surface area contributed by atoms with Gasteiger partial charge in [-0.3, -0.25) is 10.0 Å². The van der Waals surface area contributed by atoms with E-state index in [1.54, 1.807) is 51.1 Å². The highest BCUT2D eigenvalue weighted by atomic mass is 127. The molecule has 0 saturated heterocycles. The Balaban J connectivity index is 1.69. The molecule has 1 saturated carbocycles. The van der Waals surface area contributed by atoms with Gasteiger partial charge in [0.05, 0.1) is 10.9 Å². The third kappa shape index (κ3) is 7.56. The van der Waals surface area contributed by atoms with Crippen molar-refractivity contribution in [3.8, 4) is 11.5 Å². The number of ether oxygens (including phenoxy) is 2. The normalized spacial score (nSPS) is 13.6. The number of amides is 1. The molecule has 1 fully saturated rings. The molecule has 1 amide bonds. The maximum Gasteiger partial charge on any atom is 0.412 e. The zero-order valence-electron chi connectivity index (χ0n) is 21.0. The van der Waals surface area contributed by atoms with Crippen molar-refractivity contribution in [3.63, 3.8) is 0 Å². The van der Waals surface area contributed by atoms with E-state index in [0.29, 0.717) is 22.1 Å². The van der Waals surface area contributed by atoms with Gasteiger partial charge in [0.2, 0.25) is 10.0 Å². The number of nitrogens with one attached hydrogen (secondary N) is 2. The second-order valence-electron chi connectivity index (χ2n) is 9.95. The van der Waals surface area contributed by atoms with E-state index in [9.17, 15) is 22.0 Å². The molecule has 2 N–H and O–H groups in total. The summed E-state index contributed by atoms with van der Waals surface area (Å²) in [5, 5.41) is 2.05. The van der Waals surface area contributed by atoms with Crippen LogP contribution in [0.25, 0.3) is 0 Å². The molecule has 0 atom stereocenters. The van der Waals surface area contributed by atoms with Crippen LogP contribution in [-0.2, 0) is 21.2 Å². The molecular weight excluding hydrogens is 629 g/mol. The van der Waals surface area contributed by atoms with E-state index in [0.717, 1.165) is 12.1 Å². The first kappa shape index (κ1) is 28.1. The van der Waals surface area contributed by atoms with Crippen LogP contribution < -0.4 is 14.8 Å². The summed E-state index contributed by atoms with van der Waals surface area (Å²) in [6, 6.07) is 13.2. The first-order chi connectivity index (χ1) is 17.8. The molecule has 0 bridgehead atoms. The van der Waals surface area contributed by atoms with Crippen molar-refractivity contribution in [1.82, 2.24) is 0 Å². The first-order valence-corrected chi connectivity index (χ1v) is 14.5. The fourth-order valence-electron chi connectivity index (χ4n) is 3.63. The van der Waals surface area contributed by atoms with Crippen molar-refractivity contribution < 1.29 is 31.5 Å². The molecule has 0 spiro atoms. The van der Waals surface area contributed by atoms with Crippen LogP contribution in [-0.4, -0.2) is 25.4 Å². The lowest BCUT2D eigenvalue weighted by Gasteiger charge is -2.20. The first-order valence-electron chi connectivity index (χ1n) is 11.8. The average Bonchev–Trinajstić information content (AvgIpc) is 3.63. The predicted molar refractivity (Wildman–Crippen MR) is 150 cm³/mol. The second kappa shape index (κ2) is 11.0. The minimum absolute atomic E-state index is 0.0294. The highest BCUT2D eigenvalue weighted by Gasteiger charge is 2.37. The van der Waals surface area contributed by atoms with Gasteiger partial charge in [0, 0.05) is 27.8 Å². The average molecular weight is 656 g/mol. The SMILES string of the molecule is CC(C)(C)OC(=O)Nc1cccc(Oc2cc(F)cc(Cc3ccc(I)cc3F)c2NS(=O)(=O)C2CC2)c1. The smallest absolute Gasteiger partial charge is 0.412 e. The Kier molecular flexibility index (Phi) is 8.17. The maximum atomic E-state index is 14.8. The molecule has 38 heavy (non-hydrogen) atoms. The Labute approximate surface area is 234 Å². The Morgan fingerprint density at radius 2 is 1.79 bits per heavy atom. The third-order valence-electron chi connectivity index (χ3n) is 5.46. The third-order valence-corrected chi connectivity index (χ3v) is 7.97. The molecule has 0 heterocycles. The van der Waals surface area contributed by atoms with E-state index < -0.39 is 38.6 Å². The lowest BCUT2D eigenvalue weighted by Crippen LogP contribution is -2.27. The van der Waals surface area contributed by atoms with Crippen LogP contribution in [0.15, 0.2) is 54.6 Å². The monoisotopic (exact) mass is 656 g/mol. The fraction of sp³-hybridized carbons (Fsp3) is 0.296. The number of hydrogen-bond acceptors (Lipinski definition) is 5. The van der Waals surface area contributed by atoms with Gasteiger partial charge >= 0.3 is 6.09 Å². The van der Waals surface area contributed by atoms with Gasteiger partial charge < -0.3 is 9.47 Å². The van der Waals surface area contributed by atoms with Gasteiger partial charge in [0.1, 0.15) is 23.0 Å². The molecule has 7 nitrogen and oxygen atoms in total. The number of halogens is 3. The van der Waals surface area contributed by atoms with Crippen LogP contribution >= 0.6 is 22.6 Å². The fourth-order valence-corrected chi connectivity index (χ4v) is 5.52. The van der Waals surface area contributed by atoms with Crippen molar-refractivity contribution in [2.24, 2.45) is 0 Å². The van der Waals surface area contributed by atoms with E-state index in [1.807, 2.05) is 22.6 Å². The van der Waals surface area contributed by atoms with Crippen LogP contribution in [0.3, 0.4) is 0 Å². The highest BCUT2D eigenvalue weighted by molar-refractivity contribution is 14.1. The van der Waals surface area contributed by atoms with E-state index in [2.05, 4.69) is 10.0 Å². The van der Waals surface area contributed by atoms with Crippen LogP contribution in [0.1, 0.15) is 44.7 Å². The van der Waals surface area contributed by atoms with Gasteiger partial charge in [-0.15, -0.1) is 0 Å². The van der Waals surface area contributed by atoms with Crippen LogP contribution in [0.4, 0.5) is 25.0 Å². The van der Waals surface area contributed by atoms with Crippen molar-refractivity contribution in [3.05, 3.63) is 80.9 Å². The van der Waals surface area contributed by atoms with Gasteiger partial charge in [0.15, 0.2) is 5.75 Å². The molecular formula is C27H27F2IN2O5S. The largest absolute Gasteiger partial charge is 0.455 e. The summed E-state index contributed by atoms with van der Waals surface area (Å²) in [6.45, 7) is 5.21. The Morgan fingerprint density at radius 1 is 1.05 bits per heavy atom. The zero-order valence-corrected chi connectivity index (χ0v) is 24.0. The molecule has 0 unspecified atom stereocenters. The number of sulfonamides is 1. The van der Waals surface area contributed by atoms with Crippen LogP contribution in [0.2, 0.25) is 0 Å². The Bertz CT molecular complexity index is 1470. The lowest BCUT2D eigenvalue weighted by atomic mass is 10.0. The number of anilines is 2. The predicted octanol–water partition coefficient (Wildman–Crippen LogP) is 7.20. The summed E-state index contributed by atoms with van der Waals surface area (Å²) >= 11 is 1.98. The molecule has 11 heteroatoms. The summed E-state index contributed by atoms with van der Waals surface area (Å²) in [5.41, 5.74) is 0.182. The second-order valence-corrected chi connectivity index (χ2v) is 13.2. The summed E-state index contributed by atoms with van der Waals surface area (Å²) in [6.07, 6.45) is 0.304. The number of benzene rings is 3. The van der Waals surface area contributed by atoms with Crippen molar-refractivity contribution in [2.45, 2.75) is 50.9 Å². The quantitative estimate of drug-likeness (QED) is 0.250.